The third kappa shape index (κ3) is 4.90. The Bertz CT molecular complexity index is 756. The molecular weight excluding hydrogens is 296 g/mol. The van der Waals surface area contributed by atoms with Gasteiger partial charge in [-0.2, -0.15) is 0 Å². The first-order chi connectivity index (χ1) is 11.6. The van der Waals surface area contributed by atoms with E-state index in [1.807, 2.05) is 60.7 Å². The normalized spacial score (nSPS) is 10.8. The summed E-state index contributed by atoms with van der Waals surface area (Å²) in [5, 5.41) is 9.80. The van der Waals surface area contributed by atoms with E-state index in [0.29, 0.717) is 0 Å². The van der Waals surface area contributed by atoms with Crippen molar-refractivity contribution in [3.05, 3.63) is 84.1 Å². The Hall–Kier alpha value is -3.23. The van der Waals surface area contributed by atoms with Crippen LogP contribution in [0.3, 0.4) is 0 Å². The minimum atomic E-state index is -0.822. The SMILES string of the molecule is C=C(O)C(C(C)=O)C(C#Cc1ccccc1)C#Cc1ccccc1. The summed E-state index contributed by atoms with van der Waals surface area (Å²) in [6.07, 6.45) is 0. The van der Waals surface area contributed by atoms with Gasteiger partial charge in [0.2, 0.25) is 0 Å². The molecule has 2 heteroatoms. The lowest BCUT2D eigenvalue weighted by Gasteiger charge is -2.14. The van der Waals surface area contributed by atoms with Crippen LogP contribution in [0.15, 0.2) is 73.0 Å². The molecule has 0 bridgehead atoms. The second kappa shape index (κ2) is 8.42. The molecule has 0 heterocycles. The second-order valence-electron chi connectivity index (χ2n) is 5.33. The van der Waals surface area contributed by atoms with Crippen LogP contribution in [0, 0.1) is 35.5 Å². The quantitative estimate of drug-likeness (QED) is 0.687. The molecule has 0 radical (unpaired) electrons. The Balaban J connectivity index is 2.38. The van der Waals surface area contributed by atoms with Crippen molar-refractivity contribution in [1.29, 1.82) is 0 Å². The van der Waals surface area contributed by atoms with Crippen LogP contribution in [0.5, 0.6) is 0 Å². The molecule has 0 spiro atoms. The van der Waals surface area contributed by atoms with Gasteiger partial charge in [-0.15, -0.1) is 0 Å². The van der Waals surface area contributed by atoms with Crippen molar-refractivity contribution in [2.45, 2.75) is 6.92 Å². The molecule has 0 aliphatic rings. The van der Waals surface area contributed by atoms with E-state index in [1.165, 1.54) is 6.92 Å². The lowest BCUT2D eigenvalue weighted by Crippen LogP contribution is -2.21. The minimum absolute atomic E-state index is 0.211. The summed E-state index contributed by atoms with van der Waals surface area (Å²) >= 11 is 0. The third-order valence-corrected chi connectivity index (χ3v) is 3.42. The highest BCUT2D eigenvalue weighted by atomic mass is 16.3. The van der Waals surface area contributed by atoms with Crippen molar-refractivity contribution in [3.8, 4) is 23.7 Å². The maximum Gasteiger partial charge on any atom is 0.142 e. The topological polar surface area (TPSA) is 37.3 Å². The molecule has 0 aromatic heterocycles. The first kappa shape index (κ1) is 17.1. The molecule has 0 fully saturated rings. The summed E-state index contributed by atoms with van der Waals surface area (Å²) in [5.74, 6) is 10.2. The summed E-state index contributed by atoms with van der Waals surface area (Å²) in [6.45, 7) is 4.92. The Morgan fingerprint density at radius 3 is 1.67 bits per heavy atom. The number of carbonyl (C=O) groups is 1. The summed E-state index contributed by atoms with van der Waals surface area (Å²) in [5.41, 5.74) is 1.66. The highest BCUT2D eigenvalue weighted by Gasteiger charge is 2.25. The van der Waals surface area contributed by atoms with Crippen molar-refractivity contribution in [3.63, 3.8) is 0 Å². The fourth-order valence-electron chi connectivity index (χ4n) is 2.23. The van der Waals surface area contributed by atoms with E-state index in [1.54, 1.807) is 0 Å². The Morgan fingerprint density at radius 2 is 1.33 bits per heavy atom. The zero-order valence-corrected chi connectivity index (χ0v) is 13.5. The second-order valence-corrected chi connectivity index (χ2v) is 5.33. The van der Waals surface area contributed by atoms with Crippen LogP contribution in [0.1, 0.15) is 18.1 Å². The fraction of sp³-hybridized carbons (Fsp3) is 0.136. The predicted molar refractivity (Wildman–Crippen MR) is 96.1 cm³/mol. The molecule has 2 nitrogen and oxygen atoms in total. The van der Waals surface area contributed by atoms with Gasteiger partial charge in [-0.05, 0) is 31.2 Å². The van der Waals surface area contributed by atoms with Crippen LogP contribution < -0.4 is 0 Å². The van der Waals surface area contributed by atoms with Gasteiger partial charge in [0.1, 0.15) is 5.78 Å². The maximum atomic E-state index is 11.9. The van der Waals surface area contributed by atoms with Gasteiger partial charge in [-0.25, -0.2) is 0 Å². The van der Waals surface area contributed by atoms with E-state index in [0.717, 1.165) is 11.1 Å². The minimum Gasteiger partial charge on any atom is -0.512 e. The van der Waals surface area contributed by atoms with Crippen LogP contribution >= 0.6 is 0 Å². The van der Waals surface area contributed by atoms with Gasteiger partial charge in [0.25, 0.3) is 0 Å². The molecule has 1 N–H and O–H groups in total. The first-order valence-electron chi connectivity index (χ1n) is 7.59. The number of allylic oxidation sites excluding steroid dienone is 1. The average Bonchev–Trinajstić information content (AvgIpc) is 2.58. The number of hydrogen-bond donors (Lipinski definition) is 1. The number of rotatable bonds is 3. The van der Waals surface area contributed by atoms with Crippen LogP contribution in [0.2, 0.25) is 0 Å². The Labute approximate surface area is 142 Å². The Kier molecular flexibility index (Phi) is 6.01. The van der Waals surface area contributed by atoms with E-state index in [9.17, 15) is 9.90 Å². The predicted octanol–water partition coefficient (Wildman–Crippen LogP) is 3.98. The van der Waals surface area contributed by atoms with Crippen molar-refractivity contribution in [2.24, 2.45) is 11.8 Å². The maximum absolute atomic E-state index is 11.9. The molecule has 0 aliphatic carbocycles. The van der Waals surface area contributed by atoms with E-state index in [-0.39, 0.29) is 11.5 Å². The van der Waals surface area contributed by atoms with Gasteiger partial charge in [0.15, 0.2) is 0 Å². The van der Waals surface area contributed by atoms with Crippen molar-refractivity contribution >= 4 is 5.78 Å². The molecular formula is C22H18O2. The van der Waals surface area contributed by atoms with Crippen LogP contribution in [-0.2, 0) is 4.79 Å². The molecule has 2 aromatic carbocycles. The van der Waals surface area contributed by atoms with Crippen molar-refractivity contribution in [2.75, 3.05) is 0 Å². The van der Waals surface area contributed by atoms with Gasteiger partial charge >= 0.3 is 0 Å². The number of Topliss-reactive ketones (excluding diaryl/α,β-unsaturated/α-hetero) is 1. The van der Waals surface area contributed by atoms with E-state index in [4.69, 9.17) is 0 Å². The standard InChI is InChI=1S/C22H18O2/c1-17(23)22(18(2)24)21(15-13-19-9-5-3-6-10-19)16-14-20-11-7-4-8-12-20/h3-12,21-23H,1H2,2H3. The molecule has 0 amide bonds. The van der Waals surface area contributed by atoms with E-state index in [2.05, 4.69) is 30.3 Å². The molecule has 2 aromatic rings. The summed E-state index contributed by atoms with van der Waals surface area (Å²) < 4.78 is 0. The number of hydrogen-bond acceptors (Lipinski definition) is 2. The van der Waals surface area contributed by atoms with Gasteiger partial charge in [0, 0.05) is 11.1 Å². The lowest BCUT2D eigenvalue weighted by atomic mass is 9.88. The molecule has 24 heavy (non-hydrogen) atoms. The van der Waals surface area contributed by atoms with Crippen LogP contribution in [0.4, 0.5) is 0 Å². The number of aliphatic hydroxyl groups is 1. The highest BCUT2D eigenvalue weighted by molar-refractivity contribution is 5.82. The van der Waals surface area contributed by atoms with Crippen molar-refractivity contribution in [1.82, 2.24) is 0 Å². The summed E-state index contributed by atoms with van der Waals surface area (Å²) in [6, 6.07) is 18.9. The number of aliphatic hydroxyl groups excluding tert-OH is 1. The summed E-state index contributed by atoms with van der Waals surface area (Å²) in [4.78, 5) is 11.9. The van der Waals surface area contributed by atoms with Crippen molar-refractivity contribution < 1.29 is 9.90 Å². The zero-order chi connectivity index (χ0) is 17.4. The Morgan fingerprint density at radius 1 is 0.917 bits per heavy atom. The van der Waals surface area contributed by atoms with Gasteiger partial charge in [-0.3, -0.25) is 4.79 Å². The van der Waals surface area contributed by atoms with Gasteiger partial charge < -0.3 is 5.11 Å². The monoisotopic (exact) mass is 314 g/mol. The first-order valence-corrected chi connectivity index (χ1v) is 7.59. The molecule has 1 unspecified atom stereocenters. The van der Waals surface area contributed by atoms with E-state index >= 15 is 0 Å². The molecule has 1 atom stereocenters. The highest BCUT2D eigenvalue weighted by Crippen LogP contribution is 2.19. The fourth-order valence-corrected chi connectivity index (χ4v) is 2.23. The lowest BCUT2D eigenvalue weighted by molar-refractivity contribution is -0.120. The van der Waals surface area contributed by atoms with Gasteiger partial charge in [0.05, 0.1) is 17.6 Å². The number of carbonyl (C=O) groups excluding carboxylic acids is 1. The van der Waals surface area contributed by atoms with Crippen LogP contribution in [-0.4, -0.2) is 10.9 Å². The number of benzene rings is 2. The molecule has 2 rings (SSSR count). The molecule has 0 saturated heterocycles. The number of ketones is 1. The van der Waals surface area contributed by atoms with Crippen LogP contribution in [0.25, 0.3) is 0 Å². The molecule has 0 aliphatic heterocycles. The van der Waals surface area contributed by atoms with E-state index < -0.39 is 11.8 Å². The molecule has 118 valence electrons. The largest absolute Gasteiger partial charge is 0.512 e. The zero-order valence-electron chi connectivity index (χ0n) is 13.5. The summed E-state index contributed by atoms with van der Waals surface area (Å²) in [7, 11) is 0. The average molecular weight is 314 g/mol. The molecule has 0 saturated carbocycles. The van der Waals surface area contributed by atoms with Gasteiger partial charge in [-0.1, -0.05) is 66.7 Å². The third-order valence-electron chi connectivity index (χ3n) is 3.42. The smallest absolute Gasteiger partial charge is 0.142 e.